The number of rotatable bonds is 6. The van der Waals surface area contributed by atoms with Crippen LogP contribution in [0.3, 0.4) is 0 Å². The van der Waals surface area contributed by atoms with E-state index < -0.39 is 12.1 Å². The van der Waals surface area contributed by atoms with Gasteiger partial charge in [-0.05, 0) is 43.0 Å². The van der Waals surface area contributed by atoms with Crippen molar-refractivity contribution in [1.29, 1.82) is 0 Å². The van der Waals surface area contributed by atoms with Crippen molar-refractivity contribution in [3.63, 3.8) is 0 Å². The van der Waals surface area contributed by atoms with Crippen LogP contribution < -0.4 is 14.8 Å². The predicted octanol–water partition coefficient (Wildman–Crippen LogP) is 3.00. The van der Waals surface area contributed by atoms with Crippen LogP contribution in [0.5, 0.6) is 11.5 Å². The zero-order valence-electron chi connectivity index (χ0n) is 14.5. The quantitative estimate of drug-likeness (QED) is 0.620. The van der Waals surface area contributed by atoms with Gasteiger partial charge >= 0.3 is 5.97 Å². The van der Waals surface area contributed by atoms with Gasteiger partial charge < -0.3 is 19.5 Å². The summed E-state index contributed by atoms with van der Waals surface area (Å²) in [5.41, 5.74) is 1.32. The maximum atomic E-state index is 12.3. The molecule has 1 amide bonds. The van der Waals surface area contributed by atoms with E-state index in [1.807, 2.05) is 30.5 Å². The van der Waals surface area contributed by atoms with Gasteiger partial charge in [-0.25, -0.2) is 4.79 Å². The topological polar surface area (TPSA) is 73.9 Å². The van der Waals surface area contributed by atoms with E-state index in [4.69, 9.17) is 14.2 Å². The molecule has 1 atom stereocenters. The Morgan fingerprint density at radius 2 is 1.96 bits per heavy atom. The molecule has 3 rings (SSSR count). The fraction of sp³-hybridized carbons (Fsp3) is 0.263. The summed E-state index contributed by atoms with van der Waals surface area (Å²) in [5.74, 6) is 0.470. The lowest BCUT2D eigenvalue weighted by Gasteiger charge is -2.14. The molecule has 0 saturated carbocycles. The standard InChI is InChI=1S/C19H19NO5S/c1-12(25-19(22)14-5-3-4-6-17(14)26-2)18(21)20-10-13-7-8-15-16(9-13)24-11-23-15/h3-9,12H,10-11H2,1-2H3,(H,20,21). The fourth-order valence-corrected chi connectivity index (χ4v) is 3.06. The summed E-state index contributed by atoms with van der Waals surface area (Å²) < 4.78 is 15.9. The Kier molecular flexibility index (Phi) is 5.68. The summed E-state index contributed by atoms with van der Waals surface area (Å²) in [6, 6.07) is 12.6. The molecular formula is C19H19NO5S. The number of nitrogens with one attached hydrogen (secondary N) is 1. The first-order valence-electron chi connectivity index (χ1n) is 8.08. The van der Waals surface area contributed by atoms with E-state index in [9.17, 15) is 9.59 Å². The van der Waals surface area contributed by atoms with Gasteiger partial charge in [-0.1, -0.05) is 18.2 Å². The van der Waals surface area contributed by atoms with Crippen LogP contribution >= 0.6 is 11.8 Å². The molecule has 0 spiro atoms. The van der Waals surface area contributed by atoms with Crippen molar-refractivity contribution in [2.45, 2.75) is 24.5 Å². The van der Waals surface area contributed by atoms with Crippen molar-refractivity contribution in [2.24, 2.45) is 0 Å². The molecule has 136 valence electrons. The molecule has 0 aromatic heterocycles. The first-order chi connectivity index (χ1) is 12.6. The lowest BCUT2D eigenvalue weighted by atomic mass is 10.2. The van der Waals surface area contributed by atoms with Crippen LogP contribution in [0, 0.1) is 0 Å². The number of hydrogen-bond acceptors (Lipinski definition) is 6. The van der Waals surface area contributed by atoms with Gasteiger partial charge in [0.05, 0.1) is 5.56 Å². The van der Waals surface area contributed by atoms with Crippen LogP contribution in [0.25, 0.3) is 0 Å². The Labute approximate surface area is 155 Å². The molecule has 1 unspecified atom stereocenters. The van der Waals surface area contributed by atoms with Gasteiger partial charge in [-0.3, -0.25) is 4.79 Å². The third-order valence-electron chi connectivity index (χ3n) is 3.88. The molecular weight excluding hydrogens is 354 g/mol. The van der Waals surface area contributed by atoms with Crippen molar-refractivity contribution < 1.29 is 23.8 Å². The second-order valence-corrected chi connectivity index (χ2v) is 6.50. The zero-order chi connectivity index (χ0) is 18.5. The van der Waals surface area contributed by atoms with Gasteiger partial charge in [0, 0.05) is 11.4 Å². The summed E-state index contributed by atoms with van der Waals surface area (Å²) in [7, 11) is 0. The van der Waals surface area contributed by atoms with Crippen molar-refractivity contribution in [1.82, 2.24) is 5.32 Å². The molecule has 0 bridgehead atoms. The molecule has 0 aliphatic carbocycles. The van der Waals surface area contributed by atoms with E-state index in [1.54, 1.807) is 25.1 Å². The minimum Gasteiger partial charge on any atom is -0.454 e. The number of carbonyl (C=O) groups excluding carboxylic acids is 2. The highest BCUT2D eigenvalue weighted by molar-refractivity contribution is 7.98. The molecule has 0 radical (unpaired) electrons. The van der Waals surface area contributed by atoms with Crippen molar-refractivity contribution in [3.05, 3.63) is 53.6 Å². The number of esters is 1. The number of ether oxygens (including phenoxy) is 3. The van der Waals surface area contributed by atoms with E-state index in [-0.39, 0.29) is 12.7 Å². The fourth-order valence-electron chi connectivity index (χ4n) is 2.47. The summed E-state index contributed by atoms with van der Waals surface area (Å²) in [6.45, 7) is 2.06. The van der Waals surface area contributed by atoms with E-state index in [0.717, 1.165) is 10.5 Å². The van der Waals surface area contributed by atoms with Gasteiger partial charge in [-0.15, -0.1) is 11.8 Å². The monoisotopic (exact) mass is 373 g/mol. The summed E-state index contributed by atoms with van der Waals surface area (Å²) >= 11 is 1.45. The van der Waals surface area contributed by atoms with Crippen molar-refractivity contribution in [2.75, 3.05) is 13.0 Å². The molecule has 2 aromatic rings. The number of thioether (sulfide) groups is 1. The molecule has 2 aromatic carbocycles. The Morgan fingerprint density at radius 3 is 2.77 bits per heavy atom. The van der Waals surface area contributed by atoms with Crippen LogP contribution in [-0.4, -0.2) is 31.0 Å². The Morgan fingerprint density at radius 1 is 1.19 bits per heavy atom. The molecule has 1 aliphatic rings. The van der Waals surface area contributed by atoms with Crippen LogP contribution in [0.2, 0.25) is 0 Å². The summed E-state index contributed by atoms with van der Waals surface area (Å²) in [4.78, 5) is 25.3. The normalized spacial score (nSPS) is 13.2. The highest BCUT2D eigenvalue weighted by Crippen LogP contribution is 2.32. The first-order valence-corrected chi connectivity index (χ1v) is 9.31. The third kappa shape index (κ3) is 4.11. The lowest BCUT2D eigenvalue weighted by molar-refractivity contribution is -0.129. The van der Waals surface area contributed by atoms with Crippen molar-refractivity contribution in [3.8, 4) is 11.5 Å². The zero-order valence-corrected chi connectivity index (χ0v) is 15.3. The van der Waals surface area contributed by atoms with Crippen LogP contribution in [0.15, 0.2) is 47.4 Å². The third-order valence-corrected chi connectivity index (χ3v) is 4.68. The van der Waals surface area contributed by atoms with Gasteiger partial charge in [0.2, 0.25) is 6.79 Å². The summed E-state index contributed by atoms with van der Waals surface area (Å²) in [5, 5.41) is 2.76. The number of amides is 1. The molecule has 1 aliphatic heterocycles. The van der Waals surface area contributed by atoms with Crippen LogP contribution in [0.4, 0.5) is 0 Å². The van der Waals surface area contributed by atoms with E-state index in [1.165, 1.54) is 11.8 Å². The van der Waals surface area contributed by atoms with E-state index >= 15 is 0 Å². The van der Waals surface area contributed by atoms with Crippen LogP contribution in [0.1, 0.15) is 22.8 Å². The van der Waals surface area contributed by atoms with E-state index in [0.29, 0.717) is 23.6 Å². The molecule has 0 fully saturated rings. The highest BCUT2D eigenvalue weighted by Gasteiger charge is 2.21. The smallest absolute Gasteiger partial charge is 0.340 e. The molecule has 0 saturated heterocycles. The average Bonchev–Trinajstić information content (AvgIpc) is 3.13. The Hall–Kier alpha value is -2.67. The van der Waals surface area contributed by atoms with Gasteiger partial charge in [0.25, 0.3) is 5.91 Å². The lowest BCUT2D eigenvalue weighted by Crippen LogP contribution is -2.35. The number of hydrogen-bond donors (Lipinski definition) is 1. The largest absolute Gasteiger partial charge is 0.454 e. The second kappa shape index (κ2) is 8.14. The maximum Gasteiger partial charge on any atom is 0.340 e. The predicted molar refractivity (Wildman–Crippen MR) is 97.5 cm³/mol. The van der Waals surface area contributed by atoms with Crippen molar-refractivity contribution >= 4 is 23.6 Å². The van der Waals surface area contributed by atoms with Crippen LogP contribution in [-0.2, 0) is 16.1 Å². The Bertz CT molecular complexity index is 823. The number of benzene rings is 2. The first kappa shape index (κ1) is 18.1. The average molecular weight is 373 g/mol. The van der Waals surface area contributed by atoms with Gasteiger partial charge in [0.1, 0.15) is 0 Å². The SMILES string of the molecule is CSc1ccccc1C(=O)OC(C)C(=O)NCc1ccc2c(c1)OCO2. The van der Waals surface area contributed by atoms with Gasteiger partial charge in [0.15, 0.2) is 17.6 Å². The molecule has 1 heterocycles. The van der Waals surface area contributed by atoms with E-state index in [2.05, 4.69) is 5.32 Å². The maximum absolute atomic E-state index is 12.3. The molecule has 1 N–H and O–H groups in total. The number of fused-ring (bicyclic) bond motifs is 1. The second-order valence-electron chi connectivity index (χ2n) is 5.65. The molecule has 26 heavy (non-hydrogen) atoms. The number of carbonyl (C=O) groups is 2. The summed E-state index contributed by atoms with van der Waals surface area (Å²) in [6.07, 6.45) is 0.986. The Balaban J connectivity index is 1.55. The molecule has 6 nitrogen and oxygen atoms in total. The molecule has 7 heteroatoms. The van der Waals surface area contributed by atoms with Gasteiger partial charge in [-0.2, -0.15) is 0 Å². The minimum atomic E-state index is -0.897. The highest BCUT2D eigenvalue weighted by atomic mass is 32.2. The minimum absolute atomic E-state index is 0.204.